The van der Waals surface area contributed by atoms with Crippen LogP contribution in [-0.2, 0) is 17.7 Å². The third-order valence-electron chi connectivity index (χ3n) is 4.87. The van der Waals surface area contributed by atoms with Gasteiger partial charge in [-0.1, -0.05) is 12.1 Å². The number of ether oxygens (including phenoxy) is 1. The summed E-state index contributed by atoms with van der Waals surface area (Å²) >= 11 is 0. The molecule has 1 N–H and O–H groups in total. The van der Waals surface area contributed by atoms with E-state index in [1.165, 1.54) is 12.1 Å². The number of hydrogen-bond acceptors (Lipinski definition) is 4. The van der Waals surface area contributed by atoms with Crippen LogP contribution in [0.25, 0.3) is 10.9 Å². The molecule has 6 heteroatoms. The van der Waals surface area contributed by atoms with Gasteiger partial charge in [-0.15, -0.1) is 0 Å². The van der Waals surface area contributed by atoms with Crippen molar-refractivity contribution in [3.8, 4) is 6.07 Å². The van der Waals surface area contributed by atoms with Crippen molar-refractivity contribution < 1.29 is 9.13 Å². The van der Waals surface area contributed by atoms with Crippen LogP contribution in [0.4, 0.5) is 10.2 Å². The van der Waals surface area contributed by atoms with Crippen LogP contribution in [0.15, 0.2) is 30.3 Å². The molecule has 0 atom stereocenters. The molecule has 0 unspecified atom stereocenters. The lowest BCUT2D eigenvalue weighted by Crippen LogP contribution is -2.11. The Morgan fingerprint density at radius 2 is 2.00 bits per heavy atom. The summed E-state index contributed by atoms with van der Waals surface area (Å²) in [6.45, 7) is 6.08. The summed E-state index contributed by atoms with van der Waals surface area (Å²) in [5.74, 6) is 0.456. The Balaban J connectivity index is 1.93. The van der Waals surface area contributed by atoms with Gasteiger partial charge in [0.2, 0.25) is 0 Å². The highest BCUT2D eigenvalue weighted by Crippen LogP contribution is 2.30. The first-order chi connectivity index (χ1) is 13.0. The van der Waals surface area contributed by atoms with Crippen molar-refractivity contribution in [1.29, 1.82) is 5.26 Å². The van der Waals surface area contributed by atoms with Gasteiger partial charge in [0.05, 0.1) is 12.1 Å². The summed E-state index contributed by atoms with van der Waals surface area (Å²) in [6.07, 6.45) is 0.733. The van der Waals surface area contributed by atoms with Crippen LogP contribution < -0.4 is 5.32 Å². The molecule has 0 fully saturated rings. The summed E-state index contributed by atoms with van der Waals surface area (Å²) < 4.78 is 20.5. The largest absolute Gasteiger partial charge is 0.383 e. The molecule has 5 nitrogen and oxygen atoms in total. The number of aromatic nitrogens is 2. The van der Waals surface area contributed by atoms with Gasteiger partial charge in [-0.05, 0) is 49.6 Å². The van der Waals surface area contributed by atoms with Crippen molar-refractivity contribution in [3.63, 3.8) is 0 Å². The Bertz CT molecular complexity index is 986. The SMILES string of the molecule is COCCn1c(C)c(C)c2cc(C#N)nc(NCCc3ccc(F)cc3)c21. The molecule has 0 bridgehead atoms. The lowest BCUT2D eigenvalue weighted by atomic mass is 10.1. The number of nitriles is 1. The number of nitrogens with zero attached hydrogens (tertiary/aromatic N) is 3. The summed E-state index contributed by atoms with van der Waals surface area (Å²) in [5, 5.41) is 13.7. The average molecular weight is 366 g/mol. The van der Waals surface area contributed by atoms with E-state index in [2.05, 4.69) is 34.8 Å². The summed E-state index contributed by atoms with van der Waals surface area (Å²) in [4.78, 5) is 4.49. The molecule has 0 saturated heterocycles. The fraction of sp³-hybridized carbons (Fsp3) is 0.333. The number of aryl methyl sites for hydroxylation is 1. The quantitative estimate of drug-likeness (QED) is 0.687. The predicted octanol–water partition coefficient (Wildman–Crippen LogP) is 3.96. The van der Waals surface area contributed by atoms with Crippen LogP contribution in [0, 0.1) is 31.0 Å². The Morgan fingerprint density at radius 1 is 1.26 bits per heavy atom. The van der Waals surface area contributed by atoms with E-state index in [9.17, 15) is 9.65 Å². The topological polar surface area (TPSA) is 62.9 Å². The number of rotatable bonds is 7. The molecule has 140 valence electrons. The molecule has 2 aromatic heterocycles. The van der Waals surface area contributed by atoms with Gasteiger partial charge in [-0.3, -0.25) is 0 Å². The number of methoxy groups -OCH3 is 1. The predicted molar refractivity (Wildman–Crippen MR) is 104 cm³/mol. The van der Waals surface area contributed by atoms with E-state index >= 15 is 0 Å². The van der Waals surface area contributed by atoms with Gasteiger partial charge in [0.25, 0.3) is 0 Å². The molecule has 0 amide bonds. The first kappa shape index (κ1) is 18.9. The van der Waals surface area contributed by atoms with Crippen molar-refractivity contribution in [1.82, 2.24) is 9.55 Å². The molecule has 0 aliphatic carbocycles. The van der Waals surface area contributed by atoms with Gasteiger partial charge in [0, 0.05) is 31.3 Å². The zero-order chi connectivity index (χ0) is 19.4. The Hall–Kier alpha value is -2.91. The molecule has 0 aliphatic rings. The highest BCUT2D eigenvalue weighted by atomic mass is 19.1. The van der Waals surface area contributed by atoms with Gasteiger partial charge >= 0.3 is 0 Å². The Labute approximate surface area is 158 Å². The molecule has 0 radical (unpaired) electrons. The highest BCUT2D eigenvalue weighted by molar-refractivity contribution is 5.94. The molecule has 0 aliphatic heterocycles. The van der Waals surface area contributed by atoms with Gasteiger partial charge < -0.3 is 14.6 Å². The zero-order valence-electron chi connectivity index (χ0n) is 15.8. The number of anilines is 1. The lowest BCUT2D eigenvalue weighted by Gasteiger charge is -2.12. The average Bonchev–Trinajstić information content (AvgIpc) is 2.92. The molecule has 0 saturated carbocycles. The normalized spacial score (nSPS) is 10.9. The van der Waals surface area contributed by atoms with E-state index < -0.39 is 0 Å². The first-order valence-electron chi connectivity index (χ1n) is 8.93. The third-order valence-corrected chi connectivity index (χ3v) is 4.87. The maximum Gasteiger partial charge on any atom is 0.152 e. The van der Waals surface area contributed by atoms with E-state index in [1.807, 2.05) is 6.07 Å². The van der Waals surface area contributed by atoms with Crippen molar-refractivity contribution in [2.24, 2.45) is 0 Å². The van der Waals surface area contributed by atoms with Crippen molar-refractivity contribution >= 4 is 16.7 Å². The van der Waals surface area contributed by atoms with Crippen molar-refractivity contribution in [2.75, 3.05) is 25.6 Å². The molecule has 27 heavy (non-hydrogen) atoms. The fourth-order valence-corrected chi connectivity index (χ4v) is 3.28. The van der Waals surface area contributed by atoms with E-state index in [0.29, 0.717) is 31.2 Å². The zero-order valence-corrected chi connectivity index (χ0v) is 15.8. The monoisotopic (exact) mass is 366 g/mol. The van der Waals surface area contributed by atoms with E-state index in [0.717, 1.165) is 34.1 Å². The minimum Gasteiger partial charge on any atom is -0.383 e. The van der Waals surface area contributed by atoms with E-state index in [-0.39, 0.29) is 5.82 Å². The van der Waals surface area contributed by atoms with Gasteiger partial charge in [-0.25, -0.2) is 9.37 Å². The Kier molecular flexibility index (Phi) is 5.72. The maximum absolute atomic E-state index is 13.0. The van der Waals surface area contributed by atoms with Crippen LogP contribution in [0.1, 0.15) is 22.5 Å². The lowest BCUT2D eigenvalue weighted by molar-refractivity contribution is 0.188. The number of benzene rings is 1. The second-order valence-corrected chi connectivity index (χ2v) is 6.52. The van der Waals surface area contributed by atoms with Gasteiger partial charge in [0.1, 0.15) is 17.6 Å². The standard InChI is InChI=1S/C21H23FN4O/c1-14-15(2)26(10-11-27-3)20-19(14)12-18(13-23)25-21(20)24-9-8-16-4-6-17(22)7-5-16/h4-7,12H,8-11H2,1-3H3,(H,24,25). The molecular formula is C21H23FN4O. The van der Waals surface area contributed by atoms with Crippen LogP contribution >= 0.6 is 0 Å². The van der Waals surface area contributed by atoms with Crippen LogP contribution in [0.3, 0.4) is 0 Å². The highest BCUT2D eigenvalue weighted by Gasteiger charge is 2.17. The van der Waals surface area contributed by atoms with Crippen LogP contribution in [-0.4, -0.2) is 29.8 Å². The van der Waals surface area contributed by atoms with Crippen molar-refractivity contribution in [2.45, 2.75) is 26.8 Å². The second-order valence-electron chi connectivity index (χ2n) is 6.52. The smallest absolute Gasteiger partial charge is 0.152 e. The molecule has 1 aromatic carbocycles. The maximum atomic E-state index is 13.0. The minimum atomic E-state index is -0.237. The summed E-state index contributed by atoms with van der Waals surface area (Å²) in [6, 6.07) is 10.5. The number of hydrogen-bond donors (Lipinski definition) is 1. The molecule has 2 heterocycles. The van der Waals surface area contributed by atoms with Gasteiger partial charge in [0.15, 0.2) is 5.82 Å². The van der Waals surface area contributed by atoms with Crippen molar-refractivity contribution in [3.05, 3.63) is 58.7 Å². The third kappa shape index (κ3) is 3.93. The number of pyridine rings is 1. The van der Waals surface area contributed by atoms with Gasteiger partial charge in [-0.2, -0.15) is 5.26 Å². The fourth-order valence-electron chi connectivity index (χ4n) is 3.28. The van der Waals surface area contributed by atoms with E-state index in [4.69, 9.17) is 4.74 Å². The molecular weight excluding hydrogens is 343 g/mol. The molecule has 3 rings (SSSR count). The first-order valence-corrected chi connectivity index (χ1v) is 8.93. The van der Waals surface area contributed by atoms with Crippen LogP contribution in [0.5, 0.6) is 0 Å². The summed E-state index contributed by atoms with van der Waals surface area (Å²) in [5.41, 5.74) is 4.69. The Morgan fingerprint density at radius 3 is 2.67 bits per heavy atom. The summed E-state index contributed by atoms with van der Waals surface area (Å²) in [7, 11) is 1.68. The minimum absolute atomic E-state index is 0.237. The number of nitrogens with one attached hydrogen (secondary N) is 1. The van der Waals surface area contributed by atoms with E-state index in [1.54, 1.807) is 19.2 Å². The van der Waals surface area contributed by atoms with Crippen LogP contribution in [0.2, 0.25) is 0 Å². The molecule has 3 aromatic rings. The second kappa shape index (κ2) is 8.19. The number of fused-ring (bicyclic) bond motifs is 1. The molecule has 0 spiro atoms. The number of halogens is 1.